The van der Waals surface area contributed by atoms with Gasteiger partial charge in [0.2, 0.25) is 0 Å². The predicted octanol–water partition coefficient (Wildman–Crippen LogP) is 3.31. The molecule has 0 bridgehead atoms. The van der Waals surface area contributed by atoms with Crippen LogP contribution >= 0.6 is 11.3 Å². The molecule has 1 fully saturated rings. The molecule has 3 nitrogen and oxygen atoms in total. The van der Waals surface area contributed by atoms with E-state index in [2.05, 4.69) is 45.6 Å². The van der Waals surface area contributed by atoms with Crippen molar-refractivity contribution in [2.45, 2.75) is 37.8 Å². The van der Waals surface area contributed by atoms with E-state index in [1.54, 1.807) is 11.3 Å². The van der Waals surface area contributed by atoms with Crippen molar-refractivity contribution in [3.05, 3.63) is 29.9 Å². The SMILES string of the molecule is CNC1CCCCC1n1ccnc1-c1cccs1. The minimum atomic E-state index is 0.545. The van der Waals surface area contributed by atoms with Gasteiger partial charge in [-0.1, -0.05) is 18.9 Å². The predicted molar refractivity (Wildman–Crippen MR) is 75.9 cm³/mol. The molecule has 2 aromatic heterocycles. The van der Waals surface area contributed by atoms with E-state index in [9.17, 15) is 0 Å². The first-order valence-corrected chi connectivity index (χ1v) is 7.52. The van der Waals surface area contributed by atoms with E-state index >= 15 is 0 Å². The Hall–Kier alpha value is -1.13. The highest BCUT2D eigenvalue weighted by Crippen LogP contribution is 2.33. The molecule has 0 aliphatic heterocycles. The molecule has 0 radical (unpaired) electrons. The maximum atomic E-state index is 4.55. The molecule has 1 saturated carbocycles. The van der Waals surface area contributed by atoms with Gasteiger partial charge in [0.1, 0.15) is 5.82 Å². The number of nitrogens with one attached hydrogen (secondary N) is 1. The fourth-order valence-electron chi connectivity index (χ4n) is 2.96. The van der Waals surface area contributed by atoms with Crippen molar-refractivity contribution in [3.8, 4) is 10.7 Å². The molecule has 1 N–H and O–H groups in total. The van der Waals surface area contributed by atoms with Crippen molar-refractivity contribution >= 4 is 11.3 Å². The molecular formula is C14H19N3S. The van der Waals surface area contributed by atoms with E-state index in [-0.39, 0.29) is 0 Å². The van der Waals surface area contributed by atoms with Gasteiger partial charge in [-0.3, -0.25) is 0 Å². The third-order valence-corrected chi connectivity index (χ3v) is 4.73. The number of hydrogen-bond acceptors (Lipinski definition) is 3. The molecule has 0 spiro atoms. The zero-order valence-corrected chi connectivity index (χ0v) is 11.5. The summed E-state index contributed by atoms with van der Waals surface area (Å²) >= 11 is 1.76. The van der Waals surface area contributed by atoms with Crippen molar-refractivity contribution < 1.29 is 0 Å². The van der Waals surface area contributed by atoms with Crippen molar-refractivity contribution in [3.63, 3.8) is 0 Å². The normalized spacial score (nSPS) is 24.3. The van der Waals surface area contributed by atoms with E-state index < -0.39 is 0 Å². The Balaban J connectivity index is 1.94. The molecule has 0 amide bonds. The van der Waals surface area contributed by atoms with Gasteiger partial charge in [-0.2, -0.15) is 0 Å². The van der Waals surface area contributed by atoms with Gasteiger partial charge in [-0.05, 0) is 31.3 Å². The Kier molecular flexibility index (Phi) is 3.48. The third-order valence-electron chi connectivity index (χ3n) is 3.87. The molecule has 96 valence electrons. The van der Waals surface area contributed by atoms with Crippen LogP contribution in [0.5, 0.6) is 0 Å². The Morgan fingerprint density at radius 1 is 1.39 bits per heavy atom. The summed E-state index contributed by atoms with van der Waals surface area (Å²) in [6.45, 7) is 0. The van der Waals surface area contributed by atoms with E-state index in [0.717, 1.165) is 5.82 Å². The van der Waals surface area contributed by atoms with Gasteiger partial charge in [0.15, 0.2) is 0 Å². The first-order chi connectivity index (χ1) is 8.90. The fraction of sp³-hybridized carbons (Fsp3) is 0.500. The zero-order chi connectivity index (χ0) is 12.4. The monoisotopic (exact) mass is 261 g/mol. The molecule has 0 saturated heterocycles. The standard InChI is InChI=1S/C14H19N3S/c1-15-11-5-2-3-6-12(11)17-9-8-16-14(17)13-7-4-10-18-13/h4,7-12,15H,2-3,5-6H2,1H3. The highest BCUT2D eigenvalue weighted by Gasteiger charge is 2.26. The van der Waals surface area contributed by atoms with Crippen LogP contribution in [0.15, 0.2) is 29.9 Å². The van der Waals surface area contributed by atoms with Crippen LogP contribution in [0.4, 0.5) is 0 Å². The number of nitrogens with zero attached hydrogens (tertiary/aromatic N) is 2. The quantitative estimate of drug-likeness (QED) is 0.918. The second-order valence-electron chi connectivity index (χ2n) is 4.88. The molecule has 2 unspecified atom stereocenters. The zero-order valence-electron chi connectivity index (χ0n) is 10.7. The van der Waals surface area contributed by atoms with Crippen LogP contribution in [0.1, 0.15) is 31.7 Å². The van der Waals surface area contributed by atoms with E-state index in [4.69, 9.17) is 0 Å². The maximum Gasteiger partial charge on any atom is 0.150 e. The van der Waals surface area contributed by atoms with E-state index in [1.165, 1.54) is 30.6 Å². The summed E-state index contributed by atoms with van der Waals surface area (Å²) in [7, 11) is 2.07. The van der Waals surface area contributed by atoms with E-state index in [0.29, 0.717) is 12.1 Å². The van der Waals surface area contributed by atoms with Crippen LogP contribution in [-0.4, -0.2) is 22.6 Å². The lowest BCUT2D eigenvalue weighted by Gasteiger charge is -2.33. The van der Waals surface area contributed by atoms with Crippen LogP contribution in [0.25, 0.3) is 10.7 Å². The third kappa shape index (κ3) is 2.10. The molecule has 2 aromatic rings. The van der Waals surface area contributed by atoms with Crippen LogP contribution < -0.4 is 5.32 Å². The average molecular weight is 261 g/mol. The summed E-state index contributed by atoms with van der Waals surface area (Å²) in [5.74, 6) is 1.12. The van der Waals surface area contributed by atoms with Gasteiger partial charge in [0.05, 0.1) is 10.9 Å². The number of aromatic nitrogens is 2. The highest BCUT2D eigenvalue weighted by atomic mass is 32.1. The molecule has 1 aliphatic carbocycles. The summed E-state index contributed by atoms with van der Waals surface area (Å²) in [6.07, 6.45) is 9.24. The van der Waals surface area contributed by atoms with Crippen molar-refractivity contribution in [1.82, 2.24) is 14.9 Å². The summed E-state index contributed by atoms with van der Waals surface area (Å²) in [4.78, 5) is 5.81. The van der Waals surface area contributed by atoms with Gasteiger partial charge in [0.25, 0.3) is 0 Å². The van der Waals surface area contributed by atoms with E-state index in [1.807, 2.05) is 6.20 Å². The maximum absolute atomic E-state index is 4.55. The molecule has 4 heteroatoms. The molecular weight excluding hydrogens is 242 g/mol. The largest absolute Gasteiger partial charge is 0.326 e. The number of rotatable bonds is 3. The Labute approximate surface area is 112 Å². The van der Waals surface area contributed by atoms with Gasteiger partial charge >= 0.3 is 0 Å². The van der Waals surface area contributed by atoms with Crippen LogP contribution in [0.3, 0.4) is 0 Å². The smallest absolute Gasteiger partial charge is 0.150 e. The molecule has 2 heterocycles. The fourth-order valence-corrected chi connectivity index (χ4v) is 3.68. The first kappa shape index (κ1) is 11.9. The Morgan fingerprint density at radius 3 is 3.06 bits per heavy atom. The molecule has 3 rings (SSSR count). The second-order valence-corrected chi connectivity index (χ2v) is 5.83. The number of thiophene rings is 1. The first-order valence-electron chi connectivity index (χ1n) is 6.64. The van der Waals surface area contributed by atoms with Crippen molar-refractivity contribution in [2.75, 3.05) is 7.05 Å². The molecule has 1 aliphatic rings. The van der Waals surface area contributed by atoms with Crippen LogP contribution in [0.2, 0.25) is 0 Å². The number of hydrogen-bond donors (Lipinski definition) is 1. The van der Waals surface area contributed by atoms with Gasteiger partial charge in [-0.25, -0.2) is 4.98 Å². The summed E-state index contributed by atoms with van der Waals surface area (Å²) in [6, 6.07) is 5.37. The lowest BCUT2D eigenvalue weighted by Crippen LogP contribution is -2.37. The molecule has 0 aromatic carbocycles. The molecule has 2 atom stereocenters. The lowest BCUT2D eigenvalue weighted by molar-refractivity contribution is 0.276. The summed E-state index contributed by atoms with van der Waals surface area (Å²) in [5.41, 5.74) is 0. The van der Waals surface area contributed by atoms with Gasteiger partial charge in [0, 0.05) is 18.4 Å². The van der Waals surface area contributed by atoms with Crippen LogP contribution in [-0.2, 0) is 0 Å². The van der Waals surface area contributed by atoms with Gasteiger partial charge < -0.3 is 9.88 Å². The summed E-state index contributed by atoms with van der Waals surface area (Å²) < 4.78 is 2.37. The lowest BCUT2D eigenvalue weighted by atomic mass is 9.90. The van der Waals surface area contributed by atoms with Crippen molar-refractivity contribution in [2.24, 2.45) is 0 Å². The topological polar surface area (TPSA) is 29.9 Å². The Bertz CT molecular complexity index is 489. The molecule has 18 heavy (non-hydrogen) atoms. The summed E-state index contributed by atoms with van der Waals surface area (Å²) in [5, 5.41) is 5.59. The van der Waals surface area contributed by atoms with Gasteiger partial charge in [-0.15, -0.1) is 11.3 Å². The number of imidazole rings is 1. The minimum Gasteiger partial charge on any atom is -0.326 e. The Morgan fingerprint density at radius 2 is 2.28 bits per heavy atom. The second kappa shape index (κ2) is 5.24. The number of likely N-dealkylation sites (N-methyl/N-ethyl adjacent to an activating group) is 1. The van der Waals surface area contributed by atoms with Crippen LogP contribution in [0, 0.1) is 0 Å². The minimum absolute atomic E-state index is 0.545. The van der Waals surface area contributed by atoms with Crippen molar-refractivity contribution in [1.29, 1.82) is 0 Å². The highest BCUT2D eigenvalue weighted by molar-refractivity contribution is 7.13. The average Bonchev–Trinajstić information content (AvgIpc) is 3.09.